The highest BCUT2D eigenvalue weighted by Gasteiger charge is 2.16. The molecular weight excluding hydrogens is 264 g/mol. The highest BCUT2D eigenvalue weighted by atomic mass is 16.5. The summed E-state index contributed by atoms with van der Waals surface area (Å²) in [5.41, 5.74) is 0. The SMILES string of the molecule is C[C@@H]1OC(=O)/C=C/[C@@H](O)CC[C@H](C)OC(=O)/C=C/C1=O. The number of hydrogen-bond donors (Lipinski definition) is 1. The molecule has 0 aromatic carbocycles. The van der Waals surface area contributed by atoms with Gasteiger partial charge in [-0.05, 0) is 38.8 Å². The van der Waals surface area contributed by atoms with Crippen LogP contribution in [-0.4, -0.2) is 41.1 Å². The van der Waals surface area contributed by atoms with Crippen LogP contribution in [0, 0.1) is 0 Å². The molecule has 0 bridgehead atoms. The Morgan fingerprint density at radius 3 is 2.35 bits per heavy atom. The molecule has 0 spiro atoms. The van der Waals surface area contributed by atoms with E-state index in [0.717, 1.165) is 18.2 Å². The van der Waals surface area contributed by atoms with Crippen molar-refractivity contribution in [2.24, 2.45) is 0 Å². The molecule has 1 aliphatic rings. The van der Waals surface area contributed by atoms with E-state index in [0.29, 0.717) is 12.8 Å². The summed E-state index contributed by atoms with van der Waals surface area (Å²) in [5.74, 6) is -1.88. The fourth-order valence-corrected chi connectivity index (χ4v) is 1.55. The van der Waals surface area contributed by atoms with E-state index in [1.165, 1.54) is 13.0 Å². The second-order valence-corrected chi connectivity index (χ2v) is 4.57. The first-order valence-corrected chi connectivity index (χ1v) is 6.38. The van der Waals surface area contributed by atoms with Crippen LogP contribution < -0.4 is 0 Å². The molecule has 0 fully saturated rings. The molecule has 0 aromatic rings. The van der Waals surface area contributed by atoms with Gasteiger partial charge in [-0.1, -0.05) is 0 Å². The summed E-state index contributed by atoms with van der Waals surface area (Å²) in [7, 11) is 0. The molecule has 20 heavy (non-hydrogen) atoms. The molecule has 1 aliphatic heterocycles. The number of esters is 2. The summed E-state index contributed by atoms with van der Waals surface area (Å²) in [6.45, 7) is 3.08. The minimum atomic E-state index is -1.01. The standard InChI is InChI=1S/C14H18O6/c1-9-3-4-11(15)5-7-14(18)20-10(2)12(16)6-8-13(17)19-9/h5-11,15H,3-4H2,1-2H3/b7-5+,8-6+/t9-,10-,11-/m0/s1. The van der Waals surface area contributed by atoms with Crippen molar-refractivity contribution >= 4 is 17.7 Å². The van der Waals surface area contributed by atoms with Gasteiger partial charge in [0.25, 0.3) is 0 Å². The summed E-state index contributed by atoms with van der Waals surface area (Å²) in [5, 5.41) is 9.62. The normalized spacial score (nSPS) is 32.8. The molecule has 0 aromatic heterocycles. The lowest BCUT2D eigenvalue weighted by molar-refractivity contribution is -0.147. The summed E-state index contributed by atoms with van der Waals surface area (Å²) >= 11 is 0. The number of ketones is 1. The van der Waals surface area contributed by atoms with E-state index >= 15 is 0 Å². The van der Waals surface area contributed by atoms with Crippen molar-refractivity contribution in [3.05, 3.63) is 24.3 Å². The first-order valence-electron chi connectivity index (χ1n) is 6.38. The van der Waals surface area contributed by atoms with Crippen LogP contribution in [-0.2, 0) is 23.9 Å². The molecule has 0 saturated carbocycles. The fourth-order valence-electron chi connectivity index (χ4n) is 1.55. The molecule has 0 amide bonds. The van der Waals surface area contributed by atoms with Crippen molar-refractivity contribution in [3.63, 3.8) is 0 Å². The predicted molar refractivity (Wildman–Crippen MR) is 69.6 cm³/mol. The van der Waals surface area contributed by atoms with Crippen molar-refractivity contribution in [2.75, 3.05) is 0 Å². The van der Waals surface area contributed by atoms with E-state index in [4.69, 9.17) is 9.47 Å². The van der Waals surface area contributed by atoms with Crippen molar-refractivity contribution in [2.45, 2.75) is 45.0 Å². The van der Waals surface area contributed by atoms with Gasteiger partial charge in [0, 0.05) is 12.2 Å². The third-order valence-corrected chi connectivity index (χ3v) is 2.72. The smallest absolute Gasteiger partial charge is 0.331 e. The van der Waals surface area contributed by atoms with Crippen molar-refractivity contribution in [1.82, 2.24) is 0 Å². The Bertz CT molecular complexity index is 437. The molecule has 6 nitrogen and oxygen atoms in total. The summed E-state index contributed by atoms with van der Waals surface area (Å²) < 4.78 is 9.85. The van der Waals surface area contributed by atoms with Crippen molar-refractivity contribution in [3.8, 4) is 0 Å². The van der Waals surface area contributed by atoms with Crippen LogP contribution in [0.5, 0.6) is 0 Å². The molecule has 0 unspecified atom stereocenters. The number of carbonyl (C=O) groups is 3. The Morgan fingerprint density at radius 2 is 1.65 bits per heavy atom. The Hall–Kier alpha value is -1.95. The molecule has 1 N–H and O–H groups in total. The summed E-state index contributed by atoms with van der Waals surface area (Å²) in [6, 6.07) is 0. The second kappa shape index (κ2) is 7.59. The van der Waals surface area contributed by atoms with E-state index in [2.05, 4.69) is 0 Å². The van der Waals surface area contributed by atoms with Crippen LogP contribution in [0.3, 0.4) is 0 Å². The maximum Gasteiger partial charge on any atom is 0.331 e. The maximum absolute atomic E-state index is 11.6. The maximum atomic E-state index is 11.6. The van der Waals surface area contributed by atoms with Crippen LogP contribution in [0.1, 0.15) is 26.7 Å². The van der Waals surface area contributed by atoms with Crippen LogP contribution in [0.2, 0.25) is 0 Å². The monoisotopic (exact) mass is 282 g/mol. The van der Waals surface area contributed by atoms with Crippen LogP contribution in [0.15, 0.2) is 24.3 Å². The lowest BCUT2D eigenvalue weighted by Gasteiger charge is -2.14. The number of aliphatic hydroxyl groups excluding tert-OH is 1. The van der Waals surface area contributed by atoms with Gasteiger partial charge in [0.2, 0.25) is 0 Å². The Morgan fingerprint density at radius 1 is 1.00 bits per heavy atom. The van der Waals surface area contributed by atoms with Crippen LogP contribution >= 0.6 is 0 Å². The topological polar surface area (TPSA) is 89.9 Å². The van der Waals surface area contributed by atoms with Gasteiger partial charge in [0.1, 0.15) is 0 Å². The molecule has 0 saturated heterocycles. The van der Waals surface area contributed by atoms with E-state index < -0.39 is 36.0 Å². The van der Waals surface area contributed by atoms with E-state index in [1.807, 2.05) is 0 Å². The number of aliphatic hydroxyl groups is 1. The van der Waals surface area contributed by atoms with Gasteiger partial charge in [0.15, 0.2) is 11.9 Å². The average Bonchev–Trinajstić information content (AvgIpc) is 2.39. The van der Waals surface area contributed by atoms with Crippen molar-refractivity contribution in [1.29, 1.82) is 0 Å². The predicted octanol–water partition coefficient (Wildman–Crippen LogP) is 0.686. The minimum Gasteiger partial charge on any atom is -0.460 e. The van der Waals surface area contributed by atoms with Gasteiger partial charge in [-0.2, -0.15) is 0 Å². The number of carbonyl (C=O) groups excluding carboxylic acids is 3. The minimum absolute atomic E-state index is 0.344. The molecule has 110 valence electrons. The lowest BCUT2D eigenvalue weighted by Crippen LogP contribution is -2.23. The number of cyclic esters (lactones) is 2. The first-order chi connectivity index (χ1) is 9.38. The number of rotatable bonds is 0. The Kier molecular flexibility index (Phi) is 6.11. The van der Waals surface area contributed by atoms with Gasteiger partial charge in [-0.3, -0.25) is 4.79 Å². The molecule has 0 radical (unpaired) electrons. The first kappa shape index (κ1) is 16.1. The van der Waals surface area contributed by atoms with Gasteiger partial charge in [-0.25, -0.2) is 9.59 Å². The van der Waals surface area contributed by atoms with Crippen molar-refractivity contribution < 1.29 is 29.0 Å². The number of hydrogen-bond acceptors (Lipinski definition) is 6. The van der Waals surface area contributed by atoms with Gasteiger partial charge < -0.3 is 14.6 Å². The molecule has 3 atom stereocenters. The van der Waals surface area contributed by atoms with Gasteiger partial charge in [0.05, 0.1) is 12.2 Å². The summed E-state index contributed by atoms with van der Waals surface area (Å²) in [4.78, 5) is 34.4. The lowest BCUT2D eigenvalue weighted by atomic mass is 10.1. The zero-order valence-corrected chi connectivity index (χ0v) is 11.4. The molecule has 1 heterocycles. The molecule has 1 rings (SSSR count). The Balaban J connectivity index is 2.82. The quantitative estimate of drug-likeness (QED) is 0.657. The largest absolute Gasteiger partial charge is 0.460 e. The fraction of sp³-hybridized carbons (Fsp3) is 0.500. The van der Waals surface area contributed by atoms with Crippen LogP contribution in [0.4, 0.5) is 0 Å². The highest BCUT2D eigenvalue weighted by Crippen LogP contribution is 2.08. The van der Waals surface area contributed by atoms with Gasteiger partial charge in [-0.15, -0.1) is 0 Å². The Labute approximate surface area is 117 Å². The molecular formula is C14H18O6. The van der Waals surface area contributed by atoms with E-state index in [1.54, 1.807) is 6.92 Å². The zero-order chi connectivity index (χ0) is 15.1. The van der Waals surface area contributed by atoms with Crippen LogP contribution in [0.25, 0.3) is 0 Å². The third-order valence-electron chi connectivity index (χ3n) is 2.72. The second-order valence-electron chi connectivity index (χ2n) is 4.57. The van der Waals surface area contributed by atoms with E-state index in [9.17, 15) is 19.5 Å². The zero-order valence-electron chi connectivity index (χ0n) is 11.4. The summed E-state index contributed by atoms with van der Waals surface area (Å²) in [6.07, 6.45) is 2.94. The third kappa shape index (κ3) is 5.79. The van der Waals surface area contributed by atoms with E-state index in [-0.39, 0.29) is 0 Å². The average molecular weight is 282 g/mol. The highest BCUT2D eigenvalue weighted by molar-refractivity contribution is 5.99. The molecule has 0 aliphatic carbocycles. The number of ether oxygens (including phenoxy) is 2. The molecule has 6 heteroatoms. The van der Waals surface area contributed by atoms with Gasteiger partial charge >= 0.3 is 11.9 Å².